The van der Waals surface area contributed by atoms with Gasteiger partial charge in [0.15, 0.2) is 10.6 Å². The van der Waals surface area contributed by atoms with Gasteiger partial charge in [-0.1, -0.05) is 22.9 Å². The van der Waals surface area contributed by atoms with E-state index < -0.39 is 0 Å². The van der Waals surface area contributed by atoms with Gasteiger partial charge in [0.05, 0.1) is 34.2 Å². The Balaban J connectivity index is 2.11. The molecule has 0 N–H and O–H groups in total. The van der Waals surface area contributed by atoms with Crippen molar-refractivity contribution in [3.63, 3.8) is 0 Å². The maximum Gasteiger partial charge on any atom is 0.207 e. The van der Waals surface area contributed by atoms with Crippen molar-refractivity contribution in [2.24, 2.45) is 9.98 Å². The maximum atomic E-state index is 9.10. The molecule has 1 aromatic carbocycles. The molecule has 0 aliphatic rings. The van der Waals surface area contributed by atoms with Crippen LogP contribution in [0.25, 0.3) is 0 Å². The number of methoxy groups -OCH3 is 1. The summed E-state index contributed by atoms with van der Waals surface area (Å²) in [5, 5.41) is 11.6. The second kappa shape index (κ2) is 8.60. The van der Waals surface area contributed by atoms with Gasteiger partial charge in [0.2, 0.25) is 6.19 Å². The van der Waals surface area contributed by atoms with Crippen molar-refractivity contribution in [1.82, 2.24) is 9.55 Å². The van der Waals surface area contributed by atoms with Crippen LogP contribution >= 0.6 is 50.2 Å². The van der Waals surface area contributed by atoms with E-state index in [1.165, 1.54) is 22.7 Å². The Morgan fingerprint density at radius 2 is 2.35 bits per heavy atom. The predicted molar refractivity (Wildman–Crippen MR) is 107 cm³/mol. The molecule has 26 heavy (non-hydrogen) atoms. The van der Waals surface area contributed by atoms with Gasteiger partial charge in [-0.2, -0.15) is 15.2 Å². The van der Waals surface area contributed by atoms with E-state index in [2.05, 4.69) is 30.9 Å². The lowest BCUT2D eigenvalue weighted by molar-refractivity contribution is 0.414. The first-order valence-electron chi connectivity index (χ1n) is 7.19. The topological polar surface area (TPSA) is 75.6 Å². The number of aromatic nitrogens is 2. The first-order chi connectivity index (χ1) is 12.6. The Bertz CT molecular complexity index is 1050. The van der Waals surface area contributed by atoms with Crippen LogP contribution in [-0.4, -0.2) is 22.5 Å². The van der Waals surface area contributed by atoms with E-state index in [0.717, 1.165) is 9.48 Å². The third kappa shape index (κ3) is 4.40. The largest absolute Gasteiger partial charge is 0.496 e. The summed E-state index contributed by atoms with van der Waals surface area (Å²) < 4.78 is 8.20. The van der Waals surface area contributed by atoms with Crippen molar-refractivity contribution in [3.8, 4) is 11.9 Å². The molecule has 0 aliphatic heterocycles. The van der Waals surface area contributed by atoms with E-state index in [1.807, 2.05) is 16.1 Å². The first-order valence-corrected chi connectivity index (χ1v) is 10.1. The van der Waals surface area contributed by atoms with Crippen LogP contribution in [0.15, 0.2) is 49.1 Å². The van der Waals surface area contributed by atoms with Gasteiger partial charge < -0.3 is 9.30 Å². The van der Waals surface area contributed by atoms with Gasteiger partial charge in [-0.3, -0.25) is 0 Å². The van der Waals surface area contributed by atoms with Crippen molar-refractivity contribution in [1.29, 1.82) is 5.26 Å². The molecule has 3 rings (SSSR count). The maximum absolute atomic E-state index is 9.10. The molecule has 0 saturated carbocycles. The number of thiazole rings is 2. The Kier molecular flexibility index (Phi) is 6.21. The van der Waals surface area contributed by atoms with E-state index in [-0.39, 0.29) is 5.84 Å². The Labute approximate surface area is 170 Å². The van der Waals surface area contributed by atoms with Crippen LogP contribution < -0.4 is 9.54 Å². The van der Waals surface area contributed by atoms with Crippen LogP contribution in [0.4, 0.5) is 0 Å². The molecule has 0 radical (unpaired) electrons. The van der Waals surface area contributed by atoms with E-state index in [4.69, 9.17) is 21.6 Å². The summed E-state index contributed by atoms with van der Waals surface area (Å²) in [4.78, 5) is 13.4. The zero-order valence-electron chi connectivity index (χ0n) is 13.4. The Morgan fingerprint density at radius 3 is 3.04 bits per heavy atom. The standard InChI is InChI=1S/C16H11BrClN5OS2/c1-24-13-3-2-10(18)4-12(13)15(20-8-19)22-16-23(6-14(17)26-16)5-11-7-25-9-21-11/h2-4,6-7,9H,5H2,1H3/b20-15?,22-16-. The molecule has 2 aromatic heterocycles. The number of ether oxygens (including phenoxy) is 1. The zero-order chi connectivity index (χ0) is 18.5. The number of halogens is 2. The van der Waals surface area contributed by atoms with E-state index in [1.54, 1.807) is 37.0 Å². The molecule has 0 bridgehead atoms. The van der Waals surface area contributed by atoms with Crippen molar-refractivity contribution in [2.45, 2.75) is 6.54 Å². The van der Waals surface area contributed by atoms with Gasteiger partial charge in [-0.15, -0.1) is 11.3 Å². The minimum atomic E-state index is 0.230. The van der Waals surface area contributed by atoms with Gasteiger partial charge in [0.1, 0.15) is 5.75 Å². The lowest BCUT2D eigenvalue weighted by atomic mass is 10.2. The molecule has 0 spiro atoms. The molecule has 10 heteroatoms. The highest BCUT2D eigenvalue weighted by Gasteiger charge is 2.12. The fraction of sp³-hybridized carbons (Fsp3) is 0.125. The molecule has 0 unspecified atom stereocenters. The number of amidine groups is 1. The second-order valence-corrected chi connectivity index (χ2v) is 8.46. The molecular formula is C16H11BrClN5OS2. The molecule has 0 aliphatic carbocycles. The molecule has 0 fully saturated rings. The number of rotatable bonds is 4. The lowest BCUT2D eigenvalue weighted by Crippen LogP contribution is -2.17. The average Bonchev–Trinajstić information content (AvgIpc) is 3.24. The molecule has 3 aromatic rings. The van der Waals surface area contributed by atoms with Crippen LogP contribution in [0.2, 0.25) is 5.02 Å². The number of nitriles is 1. The molecular weight excluding hydrogens is 458 g/mol. The molecule has 6 nitrogen and oxygen atoms in total. The van der Waals surface area contributed by atoms with Gasteiger partial charge in [0.25, 0.3) is 0 Å². The highest BCUT2D eigenvalue weighted by atomic mass is 79.9. The van der Waals surface area contributed by atoms with E-state index >= 15 is 0 Å². The number of hydrogen-bond acceptors (Lipinski definition) is 6. The van der Waals surface area contributed by atoms with Crippen molar-refractivity contribution >= 4 is 56.0 Å². The summed E-state index contributed by atoms with van der Waals surface area (Å²) in [6, 6.07) is 5.10. The third-order valence-electron chi connectivity index (χ3n) is 3.27. The molecule has 0 amide bonds. The highest BCUT2D eigenvalue weighted by molar-refractivity contribution is 9.11. The second-order valence-electron chi connectivity index (χ2n) is 4.92. The minimum Gasteiger partial charge on any atom is -0.496 e. The van der Waals surface area contributed by atoms with Crippen molar-refractivity contribution < 1.29 is 4.74 Å². The van der Waals surface area contributed by atoms with E-state index in [0.29, 0.717) is 27.7 Å². The SMILES string of the molecule is COc1ccc(Cl)cc1C(=NC#N)/N=c1\sc(Br)cn1Cc1cscn1. The summed E-state index contributed by atoms with van der Waals surface area (Å²) in [6.07, 6.45) is 3.72. The number of benzene rings is 1. The van der Waals surface area contributed by atoms with E-state index in [9.17, 15) is 0 Å². The molecule has 132 valence electrons. The van der Waals surface area contributed by atoms with Crippen LogP contribution in [0.5, 0.6) is 5.75 Å². The Hall–Kier alpha value is -1.99. The quantitative estimate of drug-likeness (QED) is 0.325. The summed E-state index contributed by atoms with van der Waals surface area (Å²) in [5.74, 6) is 0.766. The van der Waals surface area contributed by atoms with Gasteiger partial charge in [-0.25, -0.2) is 4.98 Å². The molecule has 0 atom stereocenters. The van der Waals surface area contributed by atoms with Crippen LogP contribution in [0.1, 0.15) is 11.3 Å². The monoisotopic (exact) mass is 467 g/mol. The van der Waals surface area contributed by atoms with Crippen molar-refractivity contribution in [3.05, 3.63) is 60.2 Å². The average molecular weight is 469 g/mol. The number of aliphatic imine (C=N–C) groups is 1. The predicted octanol–water partition coefficient (Wildman–Crippen LogP) is 4.31. The zero-order valence-corrected chi connectivity index (χ0v) is 17.4. The number of hydrogen-bond donors (Lipinski definition) is 0. The summed E-state index contributed by atoms with van der Waals surface area (Å²) in [6.45, 7) is 0.566. The van der Waals surface area contributed by atoms with Crippen LogP contribution in [0.3, 0.4) is 0 Å². The van der Waals surface area contributed by atoms with Crippen molar-refractivity contribution in [2.75, 3.05) is 7.11 Å². The lowest BCUT2D eigenvalue weighted by Gasteiger charge is -2.07. The Morgan fingerprint density at radius 1 is 1.50 bits per heavy atom. The molecule has 2 heterocycles. The normalized spacial score (nSPS) is 12.2. The summed E-state index contributed by atoms with van der Waals surface area (Å²) in [7, 11) is 1.54. The molecule has 0 saturated heterocycles. The van der Waals surface area contributed by atoms with Crippen LogP contribution in [-0.2, 0) is 6.54 Å². The van der Waals surface area contributed by atoms with Gasteiger partial charge >= 0.3 is 0 Å². The number of nitrogens with zero attached hydrogens (tertiary/aromatic N) is 5. The fourth-order valence-corrected chi connectivity index (χ4v) is 4.30. The van der Waals surface area contributed by atoms with Gasteiger partial charge in [-0.05, 0) is 34.1 Å². The third-order valence-corrected chi connectivity index (χ3v) is 5.64. The van der Waals surface area contributed by atoms with Gasteiger partial charge in [0, 0.05) is 16.6 Å². The fourth-order valence-electron chi connectivity index (χ4n) is 2.18. The van der Waals surface area contributed by atoms with Crippen LogP contribution in [0, 0.1) is 11.5 Å². The first kappa shape index (κ1) is 18.8. The summed E-state index contributed by atoms with van der Waals surface area (Å²) >= 11 is 12.5. The highest BCUT2D eigenvalue weighted by Crippen LogP contribution is 2.24. The minimum absolute atomic E-state index is 0.230. The smallest absolute Gasteiger partial charge is 0.207 e. The summed E-state index contributed by atoms with van der Waals surface area (Å²) in [5.41, 5.74) is 3.26.